The second kappa shape index (κ2) is 5.77. The molecular formula is C17H20ClN. The van der Waals surface area contributed by atoms with Gasteiger partial charge in [-0.1, -0.05) is 42.5 Å². The lowest BCUT2D eigenvalue weighted by molar-refractivity contribution is 0.563. The van der Waals surface area contributed by atoms with E-state index in [1.807, 2.05) is 0 Å². The summed E-state index contributed by atoms with van der Waals surface area (Å²) in [5, 5.41) is 3.67. The quantitative estimate of drug-likeness (QED) is 0.829. The summed E-state index contributed by atoms with van der Waals surface area (Å²) in [7, 11) is 0. The standard InChI is InChI=1S/C17H19N.ClH/c1-12-6-3-4-9-15(12)17-16-13(2)7-5-8-14(16)10-11-18-17;/h3-9,17-18H,10-11H2,1-2H3;1H. The van der Waals surface area contributed by atoms with Gasteiger partial charge in [0.25, 0.3) is 0 Å². The molecule has 0 saturated carbocycles. The van der Waals surface area contributed by atoms with Gasteiger partial charge in [-0.25, -0.2) is 0 Å². The Bertz CT molecular complexity index is 577. The molecule has 0 bridgehead atoms. The highest BCUT2D eigenvalue weighted by Crippen LogP contribution is 2.32. The van der Waals surface area contributed by atoms with E-state index in [1.165, 1.54) is 27.8 Å². The number of hydrogen-bond donors (Lipinski definition) is 1. The second-order valence-electron chi connectivity index (χ2n) is 5.14. The molecule has 2 heteroatoms. The van der Waals surface area contributed by atoms with Gasteiger partial charge >= 0.3 is 0 Å². The molecule has 100 valence electrons. The zero-order valence-electron chi connectivity index (χ0n) is 11.4. The maximum atomic E-state index is 3.67. The smallest absolute Gasteiger partial charge is 0.0584 e. The normalized spacial score (nSPS) is 17.5. The highest BCUT2D eigenvalue weighted by atomic mass is 35.5. The van der Waals surface area contributed by atoms with E-state index < -0.39 is 0 Å². The average Bonchev–Trinajstić information content (AvgIpc) is 2.39. The van der Waals surface area contributed by atoms with Crippen molar-refractivity contribution in [3.05, 3.63) is 70.3 Å². The van der Waals surface area contributed by atoms with E-state index in [0.717, 1.165) is 13.0 Å². The Kier molecular flexibility index (Phi) is 4.28. The van der Waals surface area contributed by atoms with Gasteiger partial charge in [0.15, 0.2) is 0 Å². The number of rotatable bonds is 1. The molecule has 0 saturated heterocycles. The molecule has 0 aromatic heterocycles. The first kappa shape index (κ1) is 14.1. The first-order valence-corrected chi connectivity index (χ1v) is 6.64. The Hall–Kier alpha value is -1.31. The van der Waals surface area contributed by atoms with Crippen LogP contribution < -0.4 is 5.32 Å². The number of nitrogens with one attached hydrogen (secondary N) is 1. The molecule has 19 heavy (non-hydrogen) atoms. The highest BCUT2D eigenvalue weighted by molar-refractivity contribution is 5.85. The van der Waals surface area contributed by atoms with Crippen molar-refractivity contribution in [3.8, 4) is 0 Å². The lowest BCUT2D eigenvalue weighted by Gasteiger charge is -2.30. The van der Waals surface area contributed by atoms with E-state index in [0.29, 0.717) is 6.04 Å². The fraction of sp³-hybridized carbons (Fsp3) is 0.294. The summed E-state index contributed by atoms with van der Waals surface area (Å²) in [6.45, 7) is 5.48. The summed E-state index contributed by atoms with van der Waals surface area (Å²) < 4.78 is 0. The molecule has 2 aromatic rings. The van der Waals surface area contributed by atoms with Crippen molar-refractivity contribution in [1.82, 2.24) is 5.32 Å². The van der Waals surface area contributed by atoms with Gasteiger partial charge in [-0.2, -0.15) is 0 Å². The van der Waals surface area contributed by atoms with Crippen molar-refractivity contribution < 1.29 is 0 Å². The molecule has 2 aromatic carbocycles. The number of fused-ring (bicyclic) bond motifs is 1. The fourth-order valence-corrected chi connectivity index (χ4v) is 3.00. The van der Waals surface area contributed by atoms with Crippen LogP contribution in [0, 0.1) is 13.8 Å². The maximum Gasteiger partial charge on any atom is 0.0584 e. The highest BCUT2D eigenvalue weighted by Gasteiger charge is 2.23. The first-order chi connectivity index (χ1) is 8.77. The maximum absolute atomic E-state index is 3.67. The molecule has 1 nitrogen and oxygen atoms in total. The molecule has 0 radical (unpaired) electrons. The molecule has 0 aliphatic carbocycles. The molecule has 0 fully saturated rings. The van der Waals surface area contributed by atoms with Crippen molar-refractivity contribution in [2.75, 3.05) is 6.54 Å². The van der Waals surface area contributed by atoms with Crippen LogP contribution in [-0.2, 0) is 6.42 Å². The summed E-state index contributed by atoms with van der Waals surface area (Å²) in [5.41, 5.74) is 7.16. The van der Waals surface area contributed by atoms with Crippen molar-refractivity contribution in [2.45, 2.75) is 26.3 Å². The van der Waals surface area contributed by atoms with Gasteiger partial charge < -0.3 is 5.32 Å². The van der Waals surface area contributed by atoms with Crippen LogP contribution in [0.4, 0.5) is 0 Å². The number of halogens is 1. The molecule has 0 amide bonds. The van der Waals surface area contributed by atoms with Crippen LogP contribution in [0.3, 0.4) is 0 Å². The first-order valence-electron chi connectivity index (χ1n) is 6.64. The van der Waals surface area contributed by atoms with Crippen molar-refractivity contribution in [3.63, 3.8) is 0 Å². The molecule has 1 N–H and O–H groups in total. The van der Waals surface area contributed by atoms with Gasteiger partial charge in [0.2, 0.25) is 0 Å². The van der Waals surface area contributed by atoms with Gasteiger partial charge in [-0.3, -0.25) is 0 Å². The molecule has 1 aliphatic heterocycles. The van der Waals surface area contributed by atoms with E-state index in [1.54, 1.807) is 0 Å². The second-order valence-corrected chi connectivity index (χ2v) is 5.14. The Morgan fingerprint density at radius 3 is 2.47 bits per heavy atom. The van der Waals surface area contributed by atoms with Crippen LogP contribution in [0.15, 0.2) is 42.5 Å². The van der Waals surface area contributed by atoms with Crippen LogP contribution in [0.25, 0.3) is 0 Å². The number of benzene rings is 2. The minimum atomic E-state index is 0. The average molecular weight is 274 g/mol. The van der Waals surface area contributed by atoms with Crippen molar-refractivity contribution in [1.29, 1.82) is 0 Å². The van der Waals surface area contributed by atoms with E-state index in [9.17, 15) is 0 Å². The third kappa shape index (κ3) is 2.54. The summed E-state index contributed by atoms with van der Waals surface area (Å²) in [6.07, 6.45) is 1.14. The van der Waals surface area contributed by atoms with Crippen LogP contribution in [0.5, 0.6) is 0 Å². The summed E-state index contributed by atoms with van der Waals surface area (Å²) in [5.74, 6) is 0. The lowest BCUT2D eigenvalue weighted by atomic mass is 9.85. The zero-order chi connectivity index (χ0) is 12.5. The monoisotopic (exact) mass is 273 g/mol. The van der Waals surface area contributed by atoms with E-state index in [-0.39, 0.29) is 12.4 Å². The molecule has 1 atom stereocenters. The van der Waals surface area contributed by atoms with Crippen LogP contribution in [-0.4, -0.2) is 6.54 Å². The largest absolute Gasteiger partial charge is 0.306 e. The van der Waals surface area contributed by atoms with Crippen LogP contribution in [0.1, 0.15) is 33.9 Å². The molecule has 1 aliphatic rings. The minimum absolute atomic E-state index is 0. The van der Waals surface area contributed by atoms with E-state index >= 15 is 0 Å². The lowest BCUT2D eigenvalue weighted by Crippen LogP contribution is -2.31. The summed E-state index contributed by atoms with van der Waals surface area (Å²) >= 11 is 0. The van der Waals surface area contributed by atoms with Crippen molar-refractivity contribution in [2.24, 2.45) is 0 Å². The van der Waals surface area contributed by atoms with Crippen LogP contribution >= 0.6 is 12.4 Å². The third-order valence-corrected chi connectivity index (χ3v) is 3.95. The Morgan fingerprint density at radius 1 is 0.947 bits per heavy atom. The molecule has 1 heterocycles. The topological polar surface area (TPSA) is 12.0 Å². The van der Waals surface area contributed by atoms with Gasteiger partial charge in [-0.05, 0) is 48.1 Å². The number of aryl methyl sites for hydroxylation is 2. The summed E-state index contributed by atoms with van der Waals surface area (Å²) in [4.78, 5) is 0. The molecule has 3 rings (SSSR count). The Morgan fingerprint density at radius 2 is 1.68 bits per heavy atom. The summed E-state index contributed by atoms with van der Waals surface area (Å²) in [6, 6.07) is 15.7. The predicted octanol–water partition coefficient (Wildman–Crippen LogP) is 3.96. The molecule has 0 spiro atoms. The molecular weight excluding hydrogens is 254 g/mol. The molecule has 1 unspecified atom stereocenters. The van der Waals surface area contributed by atoms with Gasteiger partial charge in [0, 0.05) is 6.54 Å². The zero-order valence-corrected chi connectivity index (χ0v) is 12.3. The number of hydrogen-bond acceptors (Lipinski definition) is 1. The van der Waals surface area contributed by atoms with E-state index in [2.05, 4.69) is 61.6 Å². The fourth-order valence-electron chi connectivity index (χ4n) is 3.00. The van der Waals surface area contributed by atoms with Gasteiger partial charge in [-0.15, -0.1) is 12.4 Å². The van der Waals surface area contributed by atoms with E-state index in [4.69, 9.17) is 0 Å². The van der Waals surface area contributed by atoms with Gasteiger partial charge in [0.05, 0.1) is 6.04 Å². The SMILES string of the molecule is Cc1ccccc1C1NCCc2cccc(C)c21.Cl. The third-order valence-electron chi connectivity index (χ3n) is 3.95. The van der Waals surface area contributed by atoms with Crippen molar-refractivity contribution >= 4 is 12.4 Å². The predicted molar refractivity (Wildman–Crippen MR) is 83.2 cm³/mol. The van der Waals surface area contributed by atoms with Crippen LogP contribution in [0.2, 0.25) is 0 Å². The Labute approximate surface area is 121 Å². The minimum Gasteiger partial charge on any atom is -0.306 e. The van der Waals surface area contributed by atoms with Gasteiger partial charge in [0.1, 0.15) is 0 Å². The Balaban J connectivity index is 0.00000133.